The van der Waals surface area contributed by atoms with E-state index in [4.69, 9.17) is 16.3 Å². The van der Waals surface area contributed by atoms with Crippen LogP contribution in [0.2, 0.25) is 5.02 Å². The molecule has 19 heavy (non-hydrogen) atoms. The van der Waals surface area contributed by atoms with Gasteiger partial charge in [-0.2, -0.15) is 0 Å². The number of ether oxygens (including phenoxy) is 1. The maximum Gasteiger partial charge on any atom is 0.145 e. The van der Waals surface area contributed by atoms with Gasteiger partial charge in [-0.3, -0.25) is 0 Å². The van der Waals surface area contributed by atoms with Crippen molar-refractivity contribution in [3.63, 3.8) is 0 Å². The van der Waals surface area contributed by atoms with Gasteiger partial charge < -0.3 is 9.84 Å². The van der Waals surface area contributed by atoms with E-state index in [1.807, 2.05) is 6.92 Å². The molecule has 0 aromatic heterocycles. The summed E-state index contributed by atoms with van der Waals surface area (Å²) in [5, 5.41) is 9.74. The first-order valence-electron chi connectivity index (χ1n) is 6.01. The summed E-state index contributed by atoms with van der Waals surface area (Å²) in [7, 11) is 0. The van der Waals surface area contributed by atoms with Crippen LogP contribution < -0.4 is 4.74 Å². The van der Waals surface area contributed by atoms with Gasteiger partial charge in [0.15, 0.2) is 0 Å². The van der Waals surface area contributed by atoms with Crippen LogP contribution >= 0.6 is 11.6 Å². The highest BCUT2D eigenvalue weighted by atomic mass is 35.5. The summed E-state index contributed by atoms with van der Waals surface area (Å²) in [6.45, 7) is 1.91. The van der Waals surface area contributed by atoms with E-state index in [2.05, 4.69) is 0 Å². The zero-order valence-corrected chi connectivity index (χ0v) is 11.2. The Balaban J connectivity index is 2.12. The van der Waals surface area contributed by atoms with Crippen molar-refractivity contribution >= 4 is 11.6 Å². The lowest BCUT2D eigenvalue weighted by atomic mass is 10.1. The molecule has 0 unspecified atom stereocenters. The average molecular weight is 281 g/mol. The molecule has 100 valence electrons. The van der Waals surface area contributed by atoms with Crippen molar-refractivity contribution in [1.82, 2.24) is 0 Å². The first-order valence-corrected chi connectivity index (χ1v) is 6.39. The molecule has 2 nitrogen and oxygen atoms in total. The van der Waals surface area contributed by atoms with Crippen LogP contribution in [0.25, 0.3) is 0 Å². The Labute approximate surface area is 116 Å². The number of aliphatic hydroxyl groups excluding tert-OH is 1. The van der Waals surface area contributed by atoms with Gasteiger partial charge in [0.2, 0.25) is 0 Å². The second-order valence-electron chi connectivity index (χ2n) is 4.17. The van der Waals surface area contributed by atoms with E-state index in [-0.39, 0.29) is 5.02 Å². The van der Waals surface area contributed by atoms with Gasteiger partial charge in [-0.15, -0.1) is 0 Å². The van der Waals surface area contributed by atoms with Crippen molar-refractivity contribution in [2.24, 2.45) is 0 Å². The third-order valence-corrected chi connectivity index (χ3v) is 3.08. The van der Waals surface area contributed by atoms with Crippen LogP contribution in [-0.4, -0.2) is 5.11 Å². The summed E-state index contributed by atoms with van der Waals surface area (Å²) in [4.78, 5) is 0. The van der Waals surface area contributed by atoms with Gasteiger partial charge in [0.25, 0.3) is 0 Å². The molecule has 1 atom stereocenters. The first kappa shape index (κ1) is 13.8. The van der Waals surface area contributed by atoms with E-state index >= 15 is 0 Å². The lowest BCUT2D eigenvalue weighted by molar-refractivity contribution is 0.173. The van der Waals surface area contributed by atoms with Crippen molar-refractivity contribution in [3.8, 4) is 11.5 Å². The number of hydrogen-bond donors (Lipinski definition) is 1. The summed E-state index contributed by atoms with van der Waals surface area (Å²) in [6, 6.07) is 11.3. The van der Waals surface area contributed by atoms with Crippen molar-refractivity contribution in [3.05, 3.63) is 58.9 Å². The molecule has 1 N–H and O–H groups in total. The molecule has 4 heteroatoms. The Morgan fingerprint density at radius 1 is 1.16 bits per heavy atom. The van der Waals surface area contributed by atoms with Gasteiger partial charge in [0.05, 0.1) is 11.1 Å². The van der Waals surface area contributed by atoms with Gasteiger partial charge >= 0.3 is 0 Å². The molecular weight excluding hydrogens is 267 g/mol. The highest BCUT2D eigenvalue weighted by Crippen LogP contribution is 2.26. The second-order valence-corrected chi connectivity index (χ2v) is 4.58. The normalized spacial score (nSPS) is 12.2. The molecule has 2 aromatic rings. The molecule has 2 aromatic carbocycles. The van der Waals surface area contributed by atoms with E-state index in [0.29, 0.717) is 17.9 Å². The minimum Gasteiger partial charge on any atom is -0.457 e. The molecule has 0 aliphatic carbocycles. The molecule has 0 fully saturated rings. The Kier molecular flexibility index (Phi) is 4.40. The predicted molar refractivity (Wildman–Crippen MR) is 73.2 cm³/mol. The largest absolute Gasteiger partial charge is 0.457 e. The molecule has 0 amide bonds. The monoisotopic (exact) mass is 280 g/mol. The molecule has 0 saturated carbocycles. The second kappa shape index (κ2) is 6.04. The lowest BCUT2D eigenvalue weighted by Gasteiger charge is -2.10. The van der Waals surface area contributed by atoms with Crippen LogP contribution in [0.4, 0.5) is 4.39 Å². The fourth-order valence-corrected chi connectivity index (χ4v) is 1.79. The van der Waals surface area contributed by atoms with Gasteiger partial charge in [0.1, 0.15) is 17.3 Å². The van der Waals surface area contributed by atoms with Gasteiger partial charge in [-0.25, -0.2) is 4.39 Å². The third-order valence-electron chi connectivity index (χ3n) is 2.78. The molecule has 0 radical (unpaired) electrons. The zero-order chi connectivity index (χ0) is 13.8. The summed E-state index contributed by atoms with van der Waals surface area (Å²) in [5.74, 6) is 0.441. The SMILES string of the molecule is CC[C@@H](O)c1ccc(Oc2ccc(Cl)c(F)c2)cc1. The van der Waals surface area contributed by atoms with E-state index in [1.165, 1.54) is 12.1 Å². The van der Waals surface area contributed by atoms with Crippen LogP contribution in [-0.2, 0) is 0 Å². The number of aliphatic hydroxyl groups is 1. The Morgan fingerprint density at radius 2 is 1.79 bits per heavy atom. The van der Waals surface area contributed by atoms with Crippen molar-refractivity contribution < 1.29 is 14.2 Å². The van der Waals surface area contributed by atoms with Crippen LogP contribution in [0.3, 0.4) is 0 Å². The number of hydrogen-bond acceptors (Lipinski definition) is 2. The third kappa shape index (κ3) is 3.46. The van der Waals surface area contributed by atoms with E-state index in [9.17, 15) is 9.50 Å². The molecule has 0 saturated heterocycles. The zero-order valence-electron chi connectivity index (χ0n) is 10.4. The molecule has 0 bridgehead atoms. The summed E-state index contributed by atoms with van der Waals surface area (Å²) < 4.78 is 18.8. The van der Waals surface area contributed by atoms with Crippen LogP contribution in [0.15, 0.2) is 42.5 Å². The van der Waals surface area contributed by atoms with Gasteiger partial charge in [-0.05, 0) is 36.2 Å². The van der Waals surface area contributed by atoms with E-state index in [0.717, 1.165) is 5.56 Å². The molecule has 0 aliphatic rings. The summed E-state index contributed by atoms with van der Waals surface area (Å²) in [6.07, 6.45) is 0.185. The summed E-state index contributed by atoms with van der Waals surface area (Å²) in [5.41, 5.74) is 0.831. The van der Waals surface area contributed by atoms with E-state index < -0.39 is 11.9 Å². The van der Waals surface area contributed by atoms with Crippen molar-refractivity contribution in [2.45, 2.75) is 19.4 Å². The minimum absolute atomic E-state index is 0.0637. The molecule has 2 rings (SSSR count). The highest BCUT2D eigenvalue weighted by molar-refractivity contribution is 6.30. The Morgan fingerprint density at radius 3 is 2.37 bits per heavy atom. The average Bonchev–Trinajstić information content (AvgIpc) is 2.43. The van der Waals surface area contributed by atoms with E-state index in [1.54, 1.807) is 30.3 Å². The quantitative estimate of drug-likeness (QED) is 0.878. The molecule has 0 spiro atoms. The maximum absolute atomic E-state index is 13.3. The summed E-state index contributed by atoms with van der Waals surface area (Å²) >= 11 is 5.60. The van der Waals surface area contributed by atoms with Crippen molar-refractivity contribution in [1.29, 1.82) is 0 Å². The van der Waals surface area contributed by atoms with Crippen LogP contribution in [0, 0.1) is 5.82 Å². The number of rotatable bonds is 4. The fraction of sp³-hybridized carbons (Fsp3) is 0.200. The van der Waals surface area contributed by atoms with Crippen molar-refractivity contribution in [2.75, 3.05) is 0 Å². The Bertz CT molecular complexity index is 555. The molecular formula is C15H14ClFO2. The smallest absolute Gasteiger partial charge is 0.145 e. The molecule has 0 heterocycles. The highest BCUT2D eigenvalue weighted by Gasteiger charge is 2.06. The number of benzene rings is 2. The van der Waals surface area contributed by atoms with Gasteiger partial charge in [-0.1, -0.05) is 30.7 Å². The lowest BCUT2D eigenvalue weighted by Crippen LogP contribution is -1.94. The topological polar surface area (TPSA) is 29.5 Å². The van der Waals surface area contributed by atoms with Gasteiger partial charge in [0, 0.05) is 6.07 Å². The van der Waals surface area contributed by atoms with Crippen LogP contribution in [0.5, 0.6) is 11.5 Å². The standard InChI is InChI=1S/C15H14ClFO2/c1-2-15(18)10-3-5-11(6-4-10)19-12-7-8-13(16)14(17)9-12/h3-9,15,18H,2H2,1H3/t15-/m1/s1. The first-order chi connectivity index (χ1) is 9.10. The van der Waals surface area contributed by atoms with Crippen LogP contribution in [0.1, 0.15) is 25.0 Å². The predicted octanol–water partition coefficient (Wildman–Crippen LogP) is 4.71. The Hall–Kier alpha value is -1.58. The molecule has 0 aliphatic heterocycles. The fourth-order valence-electron chi connectivity index (χ4n) is 1.67. The minimum atomic E-state index is -0.516. The maximum atomic E-state index is 13.3. The number of halogens is 2.